The largest absolute Gasteiger partial charge is 0.494 e. The summed E-state index contributed by atoms with van der Waals surface area (Å²) in [5.41, 5.74) is 0.605. The summed E-state index contributed by atoms with van der Waals surface area (Å²) >= 11 is 0. The Kier molecular flexibility index (Phi) is 4.74. The lowest BCUT2D eigenvalue weighted by Crippen LogP contribution is -2.15. The van der Waals surface area contributed by atoms with Gasteiger partial charge in [-0.15, -0.1) is 0 Å². The van der Waals surface area contributed by atoms with Crippen LogP contribution < -0.4 is 10.3 Å². The van der Waals surface area contributed by atoms with Gasteiger partial charge in [0, 0.05) is 5.39 Å². The topological polar surface area (TPSA) is 81.3 Å². The number of aromatic amines is 1. The summed E-state index contributed by atoms with van der Waals surface area (Å²) in [4.78, 5) is 23.8. The number of benzene rings is 2. The lowest BCUT2D eigenvalue weighted by Gasteiger charge is -2.08. The third kappa shape index (κ3) is 3.65. The standard InChI is InChI=1S/C18H15FN2O4/c1-24-16-7-6-11(8-14(16)19)10-25-17(22)9-15-12-4-2-3-5-13(12)18(23)21-20-15/h2-8H,9-10H2,1H3,(H,21,23). The smallest absolute Gasteiger partial charge is 0.312 e. The van der Waals surface area contributed by atoms with Gasteiger partial charge < -0.3 is 9.47 Å². The van der Waals surface area contributed by atoms with E-state index < -0.39 is 11.8 Å². The normalized spacial score (nSPS) is 10.6. The van der Waals surface area contributed by atoms with Gasteiger partial charge in [-0.05, 0) is 23.8 Å². The van der Waals surface area contributed by atoms with Crippen molar-refractivity contribution in [1.82, 2.24) is 10.2 Å². The molecule has 1 aromatic heterocycles. The molecule has 0 spiro atoms. The van der Waals surface area contributed by atoms with E-state index in [-0.39, 0.29) is 24.3 Å². The number of rotatable bonds is 5. The molecule has 0 unspecified atom stereocenters. The van der Waals surface area contributed by atoms with Gasteiger partial charge >= 0.3 is 5.97 Å². The Balaban J connectivity index is 1.70. The number of ether oxygens (including phenoxy) is 2. The Morgan fingerprint density at radius 3 is 2.68 bits per heavy atom. The number of fused-ring (bicyclic) bond motifs is 1. The zero-order valence-electron chi connectivity index (χ0n) is 13.4. The SMILES string of the molecule is COc1ccc(COC(=O)Cc2n[nH]c(=O)c3ccccc23)cc1F. The lowest BCUT2D eigenvalue weighted by molar-refractivity contribution is -0.144. The molecule has 0 amide bonds. The molecule has 0 atom stereocenters. The quantitative estimate of drug-likeness (QED) is 0.720. The van der Waals surface area contributed by atoms with Crippen molar-refractivity contribution in [3.05, 3.63) is 69.9 Å². The highest BCUT2D eigenvalue weighted by Gasteiger charge is 2.12. The fourth-order valence-electron chi connectivity index (χ4n) is 2.46. The first-order valence-electron chi connectivity index (χ1n) is 7.53. The van der Waals surface area contributed by atoms with E-state index in [9.17, 15) is 14.0 Å². The average Bonchev–Trinajstić information content (AvgIpc) is 2.63. The van der Waals surface area contributed by atoms with Crippen LogP contribution in [0.2, 0.25) is 0 Å². The van der Waals surface area contributed by atoms with Crippen molar-refractivity contribution in [1.29, 1.82) is 0 Å². The predicted octanol–water partition coefficient (Wildman–Crippen LogP) is 2.36. The number of esters is 1. The number of hydrogen-bond acceptors (Lipinski definition) is 5. The summed E-state index contributed by atoms with van der Waals surface area (Å²) in [6.07, 6.45) is -0.101. The fraction of sp³-hybridized carbons (Fsp3) is 0.167. The molecule has 0 aliphatic carbocycles. The number of H-pyrrole nitrogens is 1. The van der Waals surface area contributed by atoms with Crippen LogP contribution in [-0.4, -0.2) is 23.3 Å². The molecule has 0 saturated carbocycles. The zero-order valence-corrected chi connectivity index (χ0v) is 13.4. The Hall–Kier alpha value is -3.22. The Labute approximate surface area is 142 Å². The maximum atomic E-state index is 13.6. The van der Waals surface area contributed by atoms with Gasteiger partial charge in [-0.25, -0.2) is 9.49 Å². The van der Waals surface area contributed by atoms with Crippen molar-refractivity contribution in [3.63, 3.8) is 0 Å². The van der Waals surface area contributed by atoms with E-state index >= 15 is 0 Å². The number of halogens is 1. The molecule has 6 nitrogen and oxygen atoms in total. The molecule has 2 aromatic carbocycles. The van der Waals surface area contributed by atoms with Crippen molar-refractivity contribution >= 4 is 16.7 Å². The summed E-state index contributed by atoms with van der Waals surface area (Å²) in [6.45, 7) is -0.0684. The molecule has 25 heavy (non-hydrogen) atoms. The number of hydrogen-bond donors (Lipinski definition) is 1. The molecule has 0 saturated heterocycles. The van der Waals surface area contributed by atoms with Gasteiger partial charge in [0.05, 0.1) is 24.6 Å². The second-order valence-electron chi connectivity index (χ2n) is 5.35. The lowest BCUT2D eigenvalue weighted by atomic mass is 10.1. The highest BCUT2D eigenvalue weighted by atomic mass is 19.1. The van der Waals surface area contributed by atoms with Crippen LogP contribution in [0.4, 0.5) is 4.39 Å². The zero-order chi connectivity index (χ0) is 17.8. The molecule has 3 rings (SSSR count). The van der Waals surface area contributed by atoms with Gasteiger partial charge in [-0.1, -0.05) is 24.3 Å². The van der Waals surface area contributed by atoms with Crippen molar-refractivity contribution < 1.29 is 18.7 Å². The van der Waals surface area contributed by atoms with Crippen molar-refractivity contribution in [2.45, 2.75) is 13.0 Å². The fourth-order valence-corrected chi connectivity index (χ4v) is 2.46. The van der Waals surface area contributed by atoms with Crippen LogP contribution in [0.3, 0.4) is 0 Å². The third-order valence-electron chi connectivity index (χ3n) is 3.70. The van der Waals surface area contributed by atoms with Gasteiger partial charge in [0.25, 0.3) is 5.56 Å². The van der Waals surface area contributed by atoms with Gasteiger partial charge in [0.15, 0.2) is 11.6 Å². The monoisotopic (exact) mass is 342 g/mol. The average molecular weight is 342 g/mol. The van der Waals surface area contributed by atoms with E-state index in [0.29, 0.717) is 22.0 Å². The molecule has 0 radical (unpaired) electrons. The molecule has 1 heterocycles. The van der Waals surface area contributed by atoms with Crippen LogP contribution in [0, 0.1) is 5.82 Å². The maximum Gasteiger partial charge on any atom is 0.312 e. The van der Waals surface area contributed by atoms with Crippen LogP contribution in [0.25, 0.3) is 10.8 Å². The maximum absolute atomic E-state index is 13.6. The molecule has 0 fully saturated rings. The van der Waals surface area contributed by atoms with Crippen molar-refractivity contribution in [3.8, 4) is 5.75 Å². The Morgan fingerprint density at radius 2 is 1.96 bits per heavy atom. The number of aromatic nitrogens is 2. The summed E-state index contributed by atoms with van der Waals surface area (Å²) in [5, 5.41) is 7.34. The number of methoxy groups -OCH3 is 1. The van der Waals surface area contributed by atoms with E-state index in [4.69, 9.17) is 9.47 Å². The Bertz CT molecular complexity index is 984. The summed E-state index contributed by atoms with van der Waals surface area (Å²) in [6, 6.07) is 11.2. The summed E-state index contributed by atoms with van der Waals surface area (Å²) in [7, 11) is 1.37. The molecule has 1 N–H and O–H groups in total. The van der Waals surface area contributed by atoms with Crippen LogP contribution in [0.15, 0.2) is 47.3 Å². The number of carbonyl (C=O) groups is 1. The minimum absolute atomic E-state index is 0.0684. The minimum Gasteiger partial charge on any atom is -0.494 e. The first-order chi connectivity index (χ1) is 12.1. The van der Waals surface area contributed by atoms with E-state index in [0.717, 1.165) is 0 Å². The van der Waals surface area contributed by atoms with E-state index in [1.165, 1.54) is 19.2 Å². The van der Waals surface area contributed by atoms with Crippen LogP contribution in [0.5, 0.6) is 5.75 Å². The second kappa shape index (κ2) is 7.12. The van der Waals surface area contributed by atoms with Gasteiger partial charge in [-0.2, -0.15) is 5.10 Å². The molecule has 0 bridgehead atoms. The van der Waals surface area contributed by atoms with Crippen LogP contribution in [-0.2, 0) is 22.6 Å². The van der Waals surface area contributed by atoms with Gasteiger partial charge in [0.2, 0.25) is 0 Å². The molecule has 0 aliphatic rings. The van der Waals surface area contributed by atoms with E-state index in [2.05, 4.69) is 10.2 Å². The number of carbonyl (C=O) groups excluding carboxylic acids is 1. The summed E-state index contributed by atoms with van der Waals surface area (Å²) in [5.74, 6) is -0.927. The van der Waals surface area contributed by atoms with Gasteiger partial charge in [-0.3, -0.25) is 9.59 Å². The highest BCUT2D eigenvalue weighted by Crippen LogP contribution is 2.18. The Morgan fingerprint density at radius 1 is 1.20 bits per heavy atom. The van der Waals surface area contributed by atoms with E-state index in [1.807, 2.05) is 0 Å². The van der Waals surface area contributed by atoms with Crippen LogP contribution in [0.1, 0.15) is 11.3 Å². The minimum atomic E-state index is -0.527. The second-order valence-corrected chi connectivity index (χ2v) is 5.35. The van der Waals surface area contributed by atoms with Crippen molar-refractivity contribution in [2.75, 3.05) is 7.11 Å². The third-order valence-corrected chi connectivity index (χ3v) is 3.70. The molecule has 0 aliphatic heterocycles. The highest BCUT2D eigenvalue weighted by molar-refractivity contribution is 5.86. The molecule has 7 heteroatoms. The van der Waals surface area contributed by atoms with Gasteiger partial charge in [0.1, 0.15) is 6.61 Å². The first kappa shape index (κ1) is 16.6. The first-order valence-corrected chi connectivity index (χ1v) is 7.53. The van der Waals surface area contributed by atoms with Crippen molar-refractivity contribution in [2.24, 2.45) is 0 Å². The summed E-state index contributed by atoms with van der Waals surface area (Å²) < 4.78 is 23.6. The molecular formula is C18H15FN2O4. The molecular weight excluding hydrogens is 327 g/mol. The van der Waals surface area contributed by atoms with Crippen LogP contribution >= 0.6 is 0 Å². The molecule has 128 valence electrons. The predicted molar refractivity (Wildman–Crippen MR) is 88.8 cm³/mol. The van der Waals surface area contributed by atoms with E-state index in [1.54, 1.807) is 30.3 Å². The number of nitrogens with zero attached hydrogens (tertiary/aromatic N) is 1. The number of nitrogens with one attached hydrogen (secondary N) is 1. The molecule has 3 aromatic rings.